The van der Waals surface area contributed by atoms with Crippen LogP contribution in [-0.4, -0.2) is 22.9 Å². The molecule has 0 amide bonds. The molecule has 0 spiro atoms. The van der Waals surface area contributed by atoms with E-state index in [4.69, 9.17) is 0 Å². The Bertz CT molecular complexity index is 212. The van der Waals surface area contributed by atoms with Gasteiger partial charge >= 0.3 is 0 Å². The normalized spacial score (nSPS) is 46.7. The first-order valence-corrected chi connectivity index (χ1v) is 4.64. The lowest BCUT2D eigenvalue weighted by Gasteiger charge is -2.50. The molecule has 0 aromatic rings. The lowest BCUT2D eigenvalue weighted by atomic mass is 9.58. The van der Waals surface area contributed by atoms with E-state index in [0.717, 1.165) is 25.7 Å². The number of aliphatic hydroxyl groups is 2. The van der Waals surface area contributed by atoms with Gasteiger partial charge in [-0.3, -0.25) is 0 Å². The van der Waals surface area contributed by atoms with Crippen molar-refractivity contribution in [2.24, 2.45) is 11.3 Å². The molecule has 0 aromatic heterocycles. The molecule has 0 saturated heterocycles. The summed E-state index contributed by atoms with van der Waals surface area (Å²) < 4.78 is 0. The highest BCUT2D eigenvalue weighted by Gasteiger charge is 2.48. The molecule has 3 atom stereocenters. The van der Waals surface area contributed by atoms with Gasteiger partial charge in [0.05, 0.1) is 12.7 Å². The van der Waals surface area contributed by atoms with Gasteiger partial charge in [-0.2, -0.15) is 0 Å². The third kappa shape index (κ3) is 0.947. The van der Waals surface area contributed by atoms with Gasteiger partial charge in [0.25, 0.3) is 0 Å². The van der Waals surface area contributed by atoms with E-state index in [1.165, 1.54) is 5.57 Å². The minimum atomic E-state index is -0.299. The molecule has 0 aromatic carbocycles. The summed E-state index contributed by atoms with van der Waals surface area (Å²) >= 11 is 0. The lowest BCUT2D eigenvalue weighted by molar-refractivity contribution is -0.0799. The van der Waals surface area contributed by atoms with Crippen molar-refractivity contribution in [2.45, 2.75) is 31.8 Å². The highest BCUT2D eigenvalue weighted by atomic mass is 16.3. The van der Waals surface area contributed by atoms with Gasteiger partial charge in [-0.15, -0.1) is 0 Å². The Hall–Kier alpha value is -0.340. The summed E-state index contributed by atoms with van der Waals surface area (Å²) in [4.78, 5) is 0. The monoisotopic (exact) mass is 168 g/mol. The molecule has 2 heteroatoms. The van der Waals surface area contributed by atoms with Crippen LogP contribution in [0.25, 0.3) is 0 Å². The fourth-order valence-corrected chi connectivity index (χ4v) is 2.68. The van der Waals surface area contributed by atoms with Gasteiger partial charge in [-0.05, 0) is 31.6 Å². The Kier molecular flexibility index (Phi) is 1.77. The van der Waals surface area contributed by atoms with Crippen LogP contribution < -0.4 is 0 Å². The molecule has 1 unspecified atom stereocenters. The molecular formula is C10H16O2. The number of hydrogen-bond donors (Lipinski definition) is 2. The standard InChI is InChI=1S/C10H16O2/c1-7-5-10(6-11)3-2-8(7)4-9(10)12/h8-9,11-12H,1-6H2/t8-,9?,10-/m1/s1. The topological polar surface area (TPSA) is 40.5 Å². The van der Waals surface area contributed by atoms with Crippen LogP contribution in [0.2, 0.25) is 0 Å². The van der Waals surface area contributed by atoms with Crippen LogP contribution in [0.5, 0.6) is 0 Å². The molecule has 2 bridgehead atoms. The first kappa shape index (κ1) is 8.27. The van der Waals surface area contributed by atoms with Crippen molar-refractivity contribution in [3.8, 4) is 0 Å². The van der Waals surface area contributed by atoms with Crippen molar-refractivity contribution in [1.29, 1.82) is 0 Å². The largest absolute Gasteiger partial charge is 0.396 e. The zero-order valence-corrected chi connectivity index (χ0v) is 7.29. The van der Waals surface area contributed by atoms with Crippen molar-refractivity contribution >= 4 is 0 Å². The second-order valence-electron chi connectivity index (χ2n) is 4.34. The van der Waals surface area contributed by atoms with Gasteiger partial charge in [0.15, 0.2) is 0 Å². The van der Waals surface area contributed by atoms with Crippen molar-refractivity contribution < 1.29 is 10.2 Å². The van der Waals surface area contributed by atoms with Gasteiger partial charge in [0.2, 0.25) is 0 Å². The average molecular weight is 168 g/mol. The lowest BCUT2D eigenvalue weighted by Crippen LogP contribution is -2.48. The molecule has 68 valence electrons. The zero-order valence-electron chi connectivity index (χ0n) is 7.29. The summed E-state index contributed by atoms with van der Waals surface area (Å²) in [5, 5.41) is 19.0. The maximum Gasteiger partial charge on any atom is 0.0627 e. The minimum absolute atomic E-state index is 0.111. The van der Waals surface area contributed by atoms with Crippen molar-refractivity contribution in [2.75, 3.05) is 6.61 Å². The van der Waals surface area contributed by atoms with Crippen LogP contribution in [0.4, 0.5) is 0 Å². The highest BCUT2D eigenvalue weighted by Crippen LogP contribution is 2.51. The van der Waals surface area contributed by atoms with E-state index in [1.54, 1.807) is 0 Å². The summed E-state index contributed by atoms with van der Waals surface area (Å²) in [6.07, 6.45) is 3.42. The Morgan fingerprint density at radius 3 is 2.75 bits per heavy atom. The van der Waals surface area contributed by atoms with Crippen LogP contribution >= 0.6 is 0 Å². The average Bonchev–Trinajstić information content (AvgIpc) is 2.08. The molecule has 2 N–H and O–H groups in total. The first-order valence-electron chi connectivity index (χ1n) is 4.64. The van der Waals surface area contributed by atoms with E-state index in [0.29, 0.717) is 5.92 Å². The molecule has 3 aliphatic rings. The Morgan fingerprint density at radius 1 is 1.58 bits per heavy atom. The van der Waals surface area contributed by atoms with E-state index in [9.17, 15) is 10.2 Å². The summed E-state index contributed by atoms with van der Waals surface area (Å²) in [6, 6.07) is 0. The second-order valence-corrected chi connectivity index (χ2v) is 4.34. The van der Waals surface area contributed by atoms with Gasteiger partial charge in [-0.25, -0.2) is 0 Å². The summed E-state index contributed by atoms with van der Waals surface area (Å²) in [5.74, 6) is 0.522. The third-order valence-electron chi connectivity index (χ3n) is 3.68. The van der Waals surface area contributed by atoms with E-state index in [1.807, 2.05) is 0 Å². The molecule has 0 heterocycles. The Morgan fingerprint density at radius 2 is 2.33 bits per heavy atom. The van der Waals surface area contributed by atoms with Crippen molar-refractivity contribution in [3.63, 3.8) is 0 Å². The zero-order chi connectivity index (χ0) is 8.77. The number of hydrogen-bond acceptors (Lipinski definition) is 2. The quantitative estimate of drug-likeness (QED) is 0.575. The molecule has 12 heavy (non-hydrogen) atoms. The highest BCUT2D eigenvalue weighted by molar-refractivity contribution is 5.16. The van der Waals surface area contributed by atoms with Crippen molar-refractivity contribution in [3.05, 3.63) is 12.2 Å². The molecular weight excluding hydrogens is 152 g/mol. The van der Waals surface area contributed by atoms with E-state index < -0.39 is 0 Å². The van der Waals surface area contributed by atoms with Gasteiger partial charge in [-0.1, -0.05) is 12.2 Å². The van der Waals surface area contributed by atoms with E-state index in [2.05, 4.69) is 6.58 Å². The van der Waals surface area contributed by atoms with Crippen LogP contribution in [0.3, 0.4) is 0 Å². The maximum atomic E-state index is 9.77. The third-order valence-corrected chi connectivity index (χ3v) is 3.68. The van der Waals surface area contributed by atoms with Gasteiger partial charge in [0, 0.05) is 5.41 Å². The number of allylic oxidation sites excluding steroid dienone is 1. The van der Waals surface area contributed by atoms with Crippen LogP contribution in [0.15, 0.2) is 12.2 Å². The predicted octanol–water partition coefficient (Wildman–Crippen LogP) is 1.09. The second kappa shape index (κ2) is 2.57. The molecule has 3 rings (SSSR count). The summed E-state index contributed by atoms with van der Waals surface area (Å²) in [5.41, 5.74) is 1.01. The number of aliphatic hydroxyl groups excluding tert-OH is 2. The number of rotatable bonds is 1. The summed E-state index contributed by atoms with van der Waals surface area (Å²) in [6.45, 7) is 4.11. The van der Waals surface area contributed by atoms with Crippen LogP contribution in [0, 0.1) is 11.3 Å². The molecule has 2 nitrogen and oxygen atoms in total. The van der Waals surface area contributed by atoms with Gasteiger partial charge < -0.3 is 10.2 Å². The fourth-order valence-electron chi connectivity index (χ4n) is 2.68. The molecule has 3 fully saturated rings. The maximum absolute atomic E-state index is 9.77. The van der Waals surface area contributed by atoms with Gasteiger partial charge in [0.1, 0.15) is 0 Å². The fraction of sp³-hybridized carbons (Fsp3) is 0.800. The van der Waals surface area contributed by atoms with Crippen LogP contribution in [0.1, 0.15) is 25.7 Å². The predicted molar refractivity (Wildman–Crippen MR) is 46.6 cm³/mol. The molecule has 0 aliphatic heterocycles. The van der Waals surface area contributed by atoms with E-state index >= 15 is 0 Å². The smallest absolute Gasteiger partial charge is 0.0627 e. The molecule has 3 saturated carbocycles. The van der Waals surface area contributed by atoms with E-state index in [-0.39, 0.29) is 18.1 Å². The molecule has 3 aliphatic carbocycles. The SMILES string of the molecule is C=C1C[C@@]2(CO)CC[C@@H]1CC2O. The Labute approximate surface area is 72.9 Å². The first-order chi connectivity index (χ1) is 5.68. The van der Waals surface area contributed by atoms with Crippen LogP contribution in [-0.2, 0) is 0 Å². The summed E-state index contributed by atoms with van der Waals surface area (Å²) in [7, 11) is 0. The minimum Gasteiger partial charge on any atom is -0.396 e. The molecule has 0 radical (unpaired) electrons. The Balaban J connectivity index is 2.25. The number of fused-ring (bicyclic) bond motifs is 3. The van der Waals surface area contributed by atoms with Crippen molar-refractivity contribution in [1.82, 2.24) is 0 Å².